The molecule has 0 amide bonds. The Morgan fingerprint density at radius 3 is 1.47 bits per heavy atom. The van der Waals surface area contributed by atoms with Gasteiger partial charge < -0.3 is 28.6 Å². The van der Waals surface area contributed by atoms with Gasteiger partial charge in [0.25, 0.3) is 0 Å². The van der Waals surface area contributed by atoms with Gasteiger partial charge in [-0.2, -0.15) is 0 Å². The molecule has 0 aliphatic rings. The molecule has 2 unspecified atom stereocenters. The van der Waals surface area contributed by atoms with Gasteiger partial charge in [0, 0.05) is 19.3 Å². The molecule has 0 spiro atoms. The highest BCUT2D eigenvalue weighted by atomic mass is 16.6. The number of hydrogen-bond acceptors (Lipinski definition) is 7. The van der Waals surface area contributed by atoms with E-state index in [1.165, 1.54) is 70.6 Å². The Hall–Kier alpha value is -3.75. The first-order valence-corrected chi connectivity index (χ1v) is 24.3. The maximum absolute atomic E-state index is 12.7. The monoisotopic (exact) mass is 864 g/mol. The van der Waals surface area contributed by atoms with Crippen molar-refractivity contribution in [1.82, 2.24) is 0 Å². The second-order valence-corrected chi connectivity index (χ2v) is 17.0. The minimum Gasteiger partial charge on any atom is -0.544 e. The van der Waals surface area contributed by atoms with Gasteiger partial charge in [-0.15, -0.1) is 0 Å². The van der Waals surface area contributed by atoms with Crippen LogP contribution in [0, 0.1) is 0 Å². The fourth-order valence-corrected chi connectivity index (χ4v) is 6.50. The molecule has 0 fully saturated rings. The van der Waals surface area contributed by atoms with Crippen LogP contribution in [0.25, 0.3) is 0 Å². The average Bonchev–Trinajstić information content (AvgIpc) is 3.23. The number of nitrogens with zero attached hydrogens (tertiary/aromatic N) is 1. The van der Waals surface area contributed by atoms with E-state index in [1.54, 1.807) is 21.1 Å². The lowest BCUT2D eigenvalue weighted by atomic mass is 10.1. The maximum atomic E-state index is 12.7. The lowest BCUT2D eigenvalue weighted by molar-refractivity contribution is -0.889. The number of hydrogen-bond donors (Lipinski definition) is 0. The highest BCUT2D eigenvalue weighted by Crippen LogP contribution is 2.14. The van der Waals surface area contributed by atoms with Crippen LogP contribution in [0.3, 0.4) is 0 Å². The molecule has 0 bridgehead atoms. The van der Waals surface area contributed by atoms with E-state index in [1.807, 2.05) is 12.2 Å². The first-order valence-electron chi connectivity index (χ1n) is 24.3. The summed E-state index contributed by atoms with van der Waals surface area (Å²) in [5.74, 6) is -1.86. The first kappa shape index (κ1) is 58.2. The van der Waals surface area contributed by atoms with Crippen molar-refractivity contribution in [3.8, 4) is 0 Å². The van der Waals surface area contributed by atoms with Gasteiger partial charge in [-0.1, -0.05) is 175 Å². The predicted octanol–water partition coefficient (Wildman–Crippen LogP) is 12.5. The second-order valence-electron chi connectivity index (χ2n) is 17.0. The highest BCUT2D eigenvalue weighted by Gasteiger charge is 2.25. The van der Waals surface area contributed by atoms with Crippen LogP contribution in [0.4, 0.5) is 0 Å². The third-order valence-electron chi connectivity index (χ3n) is 10.2. The van der Waals surface area contributed by atoms with Crippen LogP contribution in [0.15, 0.2) is 97.2 Å². The van der Waals surface area contributed by atoms with Crippen molar-refractivity contribution in [3.05, 3.63) is 97.2 Å². The summed E-state index contributed by atoms with van der Waals surface area (Å²) in [6, 6.07) is -0.745. The van der Waals surface area contributed by atoms with Gasteiger partial charge in [0.15, 0.2) is 6.10 Å². The smallest absolute Gasteiger partial charge is 0.306 e. The summed E-state index contributed by atoms with van der Waals surface area (Å²) in [6.07, 6.45) is 58.8. The number of ether oxygens (including phenoxy) is 3. The van der Waals surface area contributed by atoms with E-state index in [4.69, 9.17) is 14.2 Å². The molecule has 0 aromatic rings. The zero-order valence-corrected chi connectivity index (χ0v) is 40.0. The Morgan fingerprint density at radius 2 is 0.984 bits per heavy atom. The summed E-state index contributed by atoms with van der Waals surface area (Å²) in [5.41, 5.74) is 0. The van der Waals surface area contributed by atoms with Crippen molar-refractivity contribution in [2.24, 2.45) is 0 Å². The van der Waals surface area contributed by atoms with Crippen molar-refractivity contribution in [2.75, 3.05) is 41.0 Å². The molecule has 0 aliphatic carbocycles. The molecule has 8 nitrogen and oxygen atoms in total. The molecule has 0 radical (unpaired) electrons. The molecular formula is C54H89NO7. The number of carbonyl (C=O) groups is 3. The topological polar surface area (TPSA) is 102 Å². The number of carboxylic acids is 1. The predicted molar refractivity (Wildman–Crippen MR) is 258 cm³/mol. The van der Waals surface area contributed by atoms with E-state index in [9.17, 15) is 19.5 Å². The maximum Gasteiger partial charge on any atom is 0.306 e. The molecule has 0 aliphatic heterocycles. The van der Waals surface area contributed by atoms with Crippen LogP contribution in [0.2, 0.25) is 0 Å². The number of likely N-dealkylation sites (N-methyl/N-ethyl adjacent to an activating group) is 1. The van der Waals surface area contributed by atoms with E-state index in [2.05, 4.69) is 98.9 Å². The minimum atomic E-state index is -1.14. The Bertz CT molecular complexity index is 1330. The lowest BCUT2D eigenvalue weighted by Gasteiger charge is -2.34. The number of carboxylic acid groups (broad SMARTS) is 1. The van der Waals surface area contributed by atoms with E-state index in [0.717, 1.165) is 64.2 Å². The normalized spacial score (nSPS) is 13.8. The lowest BCUT2D eigenvalue weighted by Crippen LogP contribution is -2.55. The third kappa shape index (κ3) is 41.6. The van der Waals surface area contributed by atoms with Crippen molar-refractivity contribution in [3.63, 3.8) is 0 Å². The quantitative estimate of drug-likeness (QED) is 0.0198. The molecule has 8 heteroatoms. The fraction of sp³-hybridized carbons (Fsp3) is 0.648. The number of aliphatic carboxylic acids is 1. The van der Waals surface area contributed by atoms with Gasteiger partial charge in [0.2, 0.25) is 0 Å². The summed E-state index contributed by atoms with van der Waals surface area (Å²) in [7, 11) is 5.38. The van der Waals surface area contributed by atoms with Crippen molar-refractivity contribution in [1.29, 1.82) is 0 Å². The molecule has 0 heterocycles. The highest BCUT2D eigenvalue weighted by molar-refractivity contribution is 5.70. The van der Waals surface area contributed by atoms with Crippen LogP contribution in [0.1, 0.15) is 174 Å². The molecule has 0 saturated carbocycles. The van der Waals surface area contributed by atoms with E-state index in [0.29, 0.717) is 12.8 Å². The SMILES string of the molecule is CC/C=C/C/C=C/C/C=C/C/C=C/C/C=C/C/C=C/CCC(=O)OC(COCCC(C(=O)[O-])[N+](C)(C)C)COC(=O)CCCCCCCCCCCC/C=C/C=C/CCCCC. The average molecular weight is 864 g/mol. The Morgan fingerprint density at radius 1 is 0.516 bits per heavy atom. The minimum absolute atomic E-state index is 0.00371. The summed E-state index contributed by atoms with van der Waals surface area (Å²) >= 11 is 0. The summed E-state index contributed by atoms with van der Waals surface area (Å²) in [4.78, 5) is 36.9. The summed E-state index contributed by atoms with van der Waals surface area (Å²) in [6.45, 7) is 4.43. The Labute approximate surface area is 379 Å². The van der Waals surface area contributed by atoms with Crippen molar-refractivity contribution < 1.29 is 38.2 Å². The van der Waals surface area contributed by atoms with E-state index in [-0.39, 0.29) is 43.1 Å². The molecule has 62 heavy (non-hydrogen) atoms. The first-order chi connectivity index (χ1) is 30.1. The van der Waals surface area contributed by atoms with Gasteiger partial charge in [-0.05, 0) is 77.0 Å². The number of esters is 2. The molecule has 0 N–H and O–H groups in total. The zero-order chi connectivity index (χ0) is 45.6. The fourth-order valence-electron chi connectivity index (χ4n) is 6.50. The number of unbranched alkanes of at least 4 members (excludes halogenated alkanes) is 13. The molecule has 0 aromatic heterocycles. The van der Waals surface area contributed by atoms with Crippen molar-refractivity contribution in [2.45, 2.75) is 187 Å². The van der Waals surface area contributed by atoms with Gasteiger partial charge >= 0.3 is 11.9 Å². The van der Waals surface area contributed by atoms with Gasteiger partial charge in [0.1, 0.15) is 12.6 Å². The van der Waals surface area contributed by atoms with E-state index < -0.39 is 24.1 Å². The largest absolute Gasteiger partial charge is 0.544 e. The van der Waals surface area contributed by atoms with Crippen LogP contribution < -0.4 is 5.11 Å². The summed E-state index contributed by atoms with van der Waals surface area (Å²) in [5, 5.41) is 11.6. The number of allylic oxidation sites excluding steroid dienone is 16. The standard InChI is InChI=1S/C54H89NO7/c1-6-8-10-12-14-16-18-20-22-24-26-28-30-32-34-36-38-40-42-44-52(56)61-49-50(48-60-47-46-51(54(58)59)55(3,4)5)62-53(57)45-43-41-39-37-35-33-31-29-27-25-23-21-19-17-15-13-11-9-7-2/h9,11,14-18,20-21,23,27,29,33,35,39,41,50-51H,6-8,10,12-13,19,22,24-26,28,30-32,34,36-38,40,42-49H2,1-5H3/b11-9+,16-14+,17-15+,20-18+,23-21+,29-27+,35-33+,41-39+. The molecule has 0 aromatic carbocycles. The number of quaternary nitrogens is 1. The Balaban J connectivity index is 4.42. The van der Waals surface area contributed by atoms with Crippen LogP contribution in [-0.2, 0) is 28.6 Å². The van der Waals surface area contributed by atoms with Gasteiger partial charge in [-0.3, -0.25) is 9.59 Å². The number of carbonyl (C=O) groups excluding carboxylic acids is 3. The van der Waals surface area contributed by atoms with Crippen LogP contribution in [0.5, 0.6) is 0 Å². The van der Waals surface area contributed by atoms with Crippen molar-refractivity contribution >= 4 is 17.9 Å². The second kappa shape index (κ2) is 43.9. The van der Waals surface area contributed by atoms with Gasteiger partial charge in [-0.25, -0.2) is 0 Å². The third-order valence-corrected chi connectivity index (χ3v) is 10.2. The molecular weight excluding hydrogens is 775 g/mol. The van der Waals surface area contributed by atoms with Crippen LogP contribution >= 0.6 is 0 Å². The van der Waals surface area contributed by atoms with E-state index >= 15 is 0 Å². The summed E-state index contributed by atoms with van der Waals surface area (Å²) < 4.78 is 17.1. The molecule has 0 rings (SSSR count). The molecule has 2 atom stereocenters. The van der Waals surface area contributed by atoms with Gasteiger partial charge in [0.05, 0.1) is 40.3 Å². The molecule has 0 saturated heterocycles. The number of rotatable bonds is 42. The van der Waals surface area contributed by atoms with Crippen LogP contribution in [-0.4, -0.2) is 75.5 Å². The zero-order valence-electron chi connectivity index (χ0n) is 40.0. The molecule has 352 valence electrons. The Kier molecular flexibility index (Phi) is 41.2.